The van der Waals surface area contributed by atoms with Gasteiger partial charge in [0.1, 0.15) is 5.82 Å². The summed E-state index contributed by atoms with van der Waals surface area (Å²) in [4.78, 5) is 4.46. The maximum absolute atomic E-state index is 6.07. The van der Waals surface area contributed by atoms with Gasteiger partial charge in [0, 0.05) is 16.0 Å². The molecule has 3 nitrogen and oxygen atoms in total. The molecule has 0 aliphatic rings. The number of hydrogen-bond acceptors (Lipinski definition) is 3. The van der Waals surface area contributed by atoms with Gasteiger partial charge in [0.15, 0.2) is 0 Å². The van der Waals surface area contributed by atoms with Crippen LogP contribution in [0, 0.1) is 0 Å². The minimum Gasteiger partial charge on any atom is -0.261 e. The Kier molecular flexibility index (Phi) is 4.04. The number of halogens is 2. The largest absolute Gasteiger partial charge is 0.261 e. The summed E-state index contributed by atoms with van der Waals surface area (Å²) < 4.78 is 0. The molecule has 0 atom stereocenters. The topological polar surface area (TPSA) is 37.3 Å². The van der Waals surface area contributed by atoms with Gasteiger partial charge in [-0.3, -0.25) is 5.43 Å². The molecule has 0 amide bonds. The summed E-state index contributed by atoms with van der Waals surface area (Å²) in [5, 5.41) is 6.39. The highest BCUT2D eigenvalue weighted by Gasteiger charge is 1.99. The zero-order valence-corrected chi connectivity index (χ0v) is 12.4. The predicted octanol–water partition coefficient (Wildman–Crippen LogP) is 4.99. The number of nitrogens with zero attached hydrogens (tertiary/aromatic N) is 2. The van der Waals surface area contributed by atoms with E-state index in [9.17, 15) is 0 Å². The summed E-state index contributed by atoms with van der Waals surface area (Å²) >= 11 is 11.9. The van der Waals surface area contributed by atoms with Crippen molar-refractivity contribution >= 4 is 46.1 Å². The van der Waals surface area contributed by atoms with E-state index in [0.717, 1.165) is 16.5 Å². The standard InChI is InChI=1S/C16H11Cl2N3/c17-13-7-5-12(14(18)9-13)10-19-21-16-8-6-11-3-1-2-4-15(11)20-16/h1-10H,(H,20,21). The van der Waals surface area contributed by atoms with Crippen LogP contribution in [0.2, 0.25) is 10.0 Å². The second-order valence-electron chi connectivity index (χ2n) is 4.43. The molecule has 21 heavy (non-hydrogen) atoms. The van der Waals surface area contributed by atoms with E-state index in [1.807, 2.05) is 42.5 Å². The van der Waals surface area contributed by atoms with Crippen molar-refractivity contribution < 1.29 is 0 Å². The van der Waals surface area contributed by atoms with Crippen LogP contribution >= 0.6 is 23.2 Å². The Morgan fingerprint density at radius 2 is 1.86 bits per heavy atom. The smallest absolute Gasteiger partial charge is 0.146 e. The second-order valence-corrected chi connectivity index (χ2v) is 5.27. The molecule has 1 heterocycles. The van der Waals surface area contributed by atoms with Crippen molar-refractivity contribution in [1.82, 2.24) is 4.98 Å². The third-order valence-electron chi connectivity index (χ3n) is 2.94. The summed E-state index contributed by atoms with van der Waals surface area (Å²) in [5.74, 6) is 0.676. The molecule has 0 spiro atoms. The molecule has 1 N–H and O–H groups in total. The molecule has 0 saturated carbocycles. The average Bonchev–Trinajstić information content (AvgIpc) is 2.49. The monoisotopic (exact) mass is 315 g/mol. The van der Waals surface area contributed by atoms with Crippen LogP contribution in [0.5, 0.6) is 0 Å². The minimum absolute atomic E-state index is 0.555. The highest BCUT2D eigenvalue weighted by atomic mass is 35.5. The van der Waals surface area contributed by atoms with Crippen LogP contribution in [0.15, 0.2) is 59.7 Å². The first-order valence-electron chi connectivity index (χ1n) is 6.32. The lowest BCUT2D eigenvalue weighted by molar-refractivity contribution is 1.26. The van der Waals surface area contributed by atoms with Gasteiger partial charge in [0.25, 0.3) is 0 Å². The molecule has 3 rings (SSSR count). The van der Waals surface area contributed by atoms with Crippen molar-refractivity contribution in [3.63, 3.8) is 0 Å². The Bertz CT molecular complexity index is 815. The Labute approximate surface area is 132 Å². The van der Waals surface area contributed by atoms with Crippen LogP contribution < -0.4 is 5.43 Å². The van der Waals surface area contributed by atoms with Crippen LogP contribution in [-0.2, 0) is 0 Å². The molecule has 0 saturated heterocycles. The highest BCUT2D eigenvalue weighted by Crippen LogP contribution is 2.19. The lowest BCUT2D eigenvalue weighted by Crippen LogP contribution is -1.94. The number of para-hydroxylation sites is 1. The molecule has 0 aliphatic heterocycles. The fourth-order valence-corrected chi connectivity index (χ4v) is 2.36. The maximum atomic E-state index is 6.07. The van der Waals surface area contributed by atoms with E-state index in [4.69, 9.17) is 23.2 Å². The van der Waals surface area contributed by atoms with Gasteiger partial charge in [-0.1, -0.05) is 47.5 Å². The summed E-state index contributed by atoms with van der Waals surface area (Å²) in [6.07, 6.45) is 1.63. The number of hydrazone groups is 1. The SMILES string of the molecule is Clc1ccc(C=NNc2ccc3ccccc3n2)c(Cl)c1. The maximum Gasteiger partial charge on any atom is 0.146 e. The number of benzene rings is 2. The molecule has 0 aliphatic carbocycles. The van der Waals surface area contributed by atoms with Crippen LogP contribution in [-0.4, -0.2) is 11.2 Å². The van der Waals surface area contributed by atoms with Gasteiger partial charge in [-0.25, -0.2) is 4.98 Å². The van der Waals surface area contributed by atoms with E-state index in [1.165, 1.54) is 0 Å². The molecule has 2 aromatic carbocycles. The second kappa shape index (κ2) is 6.12. The minimum atomic E-state index is 0.555. The van der Waals surface area contributed by atoms with Crippen molar-refractivity contribution in [2.24, 2.45) is 5.10 Å². The quantitative estimate of drug-likeness (QED) is 0.546. The van der Waals surface area contributed by atoms with Crippen LogP contribution in [0.1, 0.15) is 5.56 Å². The van der Waals surface area contributed by atoms with E-state index < -0.39 is 0 Å². The molecule has 0 unspecified atom stereocenters. The number of nitrogens with one attached hydrogen (secondary N) is 1. The zero-order chi connectivity index (χ0) is 14.7. The number of aromatic nitrogens is 1. The first kappa shape index (κ1) is 13.9. The normalized spacial score (nSPS) is 11.1. The first-order chi connectivity index (χ1) is 10.2. The zero-order valence-electron chi connectivity index (χ0n) is 10.9. The molecular formula is C16H11Cl2N3. The number of pyridine rings is 1. The van der Waals surface area contributed by atoms with E-state index >= 15 is 0 Å². The van der Waals surface area contributed by atoms with Crippen molar-refractivity contribution in [3.05, 3.63) is 70.2 Å². The van der Waals surface area contributed by atoms with Gasteiger partial charge < -0.3 is 0 Å². The Morgan fingerprint density at radius 3 is 2.71 bits per heavy atom. The Morgan fingerprint density at radius 1 is 1.00 bits per heavy atom. The van der Waals surface area contributed by atoms with Crippen molar-refractivity contribution in [1.29, 1.82) is 0 Å². The molecular weight excluding hydrogens is 305 g/mol. The third kappa shape index (κ3) is 3.32. The van der Waals surface area contributed by atoms with E-state index in [0.29, 0.717) is 15.9 Å². The van der Waals surface area contributed by atoms with Crippen molar-refractivity contribution in [2.45, 2.75) is 0 Å². The summed E-state index contributed by atoms with van der Waals surface area (Å²) in [5.41, 5.74) is 4.60. The van der Waals surface area contributed by atoms with Crippen LogP contribution in [0.3, 0.4) is 0 Å². The van der Waals surface area contributed by atoms with Crippen LogP contribution in [0.25, 0.3) is 10.9 Å². The predicted molar refractivity (Wildman–Crippen MR) is 89.4 cm³/mol. The summed E-state index contributed by atoms with van der Waals surface area (Å²) in [7, 11) is 0. The van der Waals surface area contributed by atoms with Gasteiger partial charge in [-0.05, 0) is 30.3 Å². The lowest BCUT2D eigenvalue weighted by atomic mass is 10.2. The molecule has 0 radical (unpaired) electrons. The molecule has 3 aromatic rings. The fraction of sp³-hybridized carbons (Fsp3) is 0. The highest BCUT2D eigenvalue weighted by molar-refractivity contribution is 6.36. The number of hydrogen-bond donors (Lipinski definition) is 1. The van der Waals surface area contributed by atoms with E-state index in [1.54, 1.807) is 18.3 Å². The van der Waals surface area contributed by atoms with Gasteiger partial charge in [0.2, 0.25) is 0 Å². The van der Waals surface area contributed by atoms with Gasteiger partial charge in [-0.15, -0.1) is 0 Å². The van der Waals surface area contributed by atoms with Gasteiger partial charge in [0.05, 0.1) is 16.8 Å². The molecule has 5 heteroatoms. The van der Waals surface area contributed by atoms with E-state index in [-0.39, 0.29) is 0 Å². The number of anilines is 1. The van der Waals surface area contributed by atoms with Crippen LogP contribution in [0.4, 0.5) is 5.82 Å². The van der Waals surface area contributed by atoms with Crippen molar-refractivity contribution in [2.75, 3.05) is 5.43 Å². The van der Waals surface area contributed by atoms with Gasteiger partial charge in [-0.2, -0.15) is 5.10 Å². The molecule has 0 fully saturated rings. The Balaban J connectivity index is 1.77. The first-order valence-corrected chi connectivity index (χ1v) is 7.08. The fourth-order valence-electron chi connectivity index (χ4n) is 1.90. The third-order valence-corrected chi connectivity index (χ3v) is 3.51. The molecule has 1 aromatic heterocycles. The Hall–Kier alpha value is -2.10. The number of rotatable bonds is 3. The number of fused-ring (bicyclic) bond motifs is 1. The summed E-state index contributed by atoms with van der Waals surface area (Å²) in [6, 6.07) is 17.0. The molecule has 104 valence electrons. The van der Waals surface area contributed by atoms with E-state index in [2.05, 4.69) is 15.5 Å². The average molecular weight is 316 g/mol. The van der Waals surface area contributed by atoms with Crippen molar-refractivity contribution in [3.8, 4) is 0 Å². The lowest BCUT2D eigenvalue weighted by Gasteiger charge is -2.02. The summed E-state index contributed by atoms with van der Waals surface area (Å²) in [6.45, 7) is 0. The van der Waals surface area contributed by atoms with Gasteiger partial charge >= 0.3 is 0 Å². The molecule has 0 bridgehead atoms.